The number of carbonyl (C=O) groups is 1. The number of methoxy groups -OCH3 is 1. The second-order valence-corrected chi connectivity index (χ2v) is 7.98. The maximum Gasteiger partial charge on any atom is 0.248 e. The van der Waals surface area contributed by atoms with Gasteiger partial charge in [-0.3, -0.25) is 9.78 Å². The predicted molar refractivity (Wildman–Crippen MR) is 97.2 cm³/mol. The largest absolute Gasteiger partial charge is 0.375 e. The van der Waals surface area contributed by atoms with Crippen LogP contribution in [0.2, 0.25) is 0 Å². The smallest absolute Gasteiger partial charge is 0.248 e. The summed E-state index contributed by atoms with van der Waals surface area (Å²) < 4.78 is 32.1. The quantitative estimate of drug-likeness (QED) is 0.723. The van der Waals surface area contributed by atoms with Crippen LogP contribution in [0, 0.1) is 6.92 Å². The Labute approximate surface area is 158 Å². The van der Waals surface area contributed by atoms with E-state index >= 15 is 0 Å². The molecule has 0 unspecified atom stereocenters. The van der Waals surface area contributed by atoms with E-state index in [0.717, 1.165) is 0 Å². The zero-order valence-electron chi connectivity index (χ0n) is 15.2. The van der Waals surface area contributed by atoms with E-state index in [1.165, 1.54) is 17.6 Å². The summed E-state index contributed by atoms with van der Waals surface area (Å²) in [6, 6.07) is 5.36. The molecule has 1 aliphatic heterocycles. The molecule has 9 nitrogen and oxygen atoms in total. The first-order valence-electron chi connectivity index (χ1n) is 8.45. The van der Waals surface area contributed by atoms with Crippen LogP contribution < -0.4 is 0 Å². The van der Waals surface area contributed by atoms with Gasteiger partial charge < -0.3 is 9.64 Å². The van der Waals surface area contributed by atoms with Gasteiger partial charge in [0.15, 0.2) is 5.82 Å². The number of amides is 1. The highest BCUT2D eigenvalue weighted by molar-refractivity contribution is 7.89. The molecule has 1 fully saturated rings. The fourth-order valence-corrected chi connectivity index (χ4v) is 4.39. The number of pyridine rings is 1. The molecule has 0 aliphatic carbocycles. The van der Waals surface area contributed by atoms with Crippen LogP contribution in [0.3, 0.4) is 0 Å². The minimum absolute atomic E-state index is 0.00528. The van der Waals surface area contributed by atoms with E-state index in [9.17, 15) is 13.2 Å². The maximum absolute atomic E-state index is 13.0. The molecule has 144 valence electrons. The summed E-state index contributed by atoms with van der Waals surface area (Å²) in [6.07, 6.45) is 2.95. The van der Waals surface area contributed by atoms with Gasteiger partial charge in [-0.2, -0.15) is 4.31 Å². The number of sulfonamides is 1. The molecule has 2 aromatic heterocycles. The van der Waals surface area contributed by atoms with Gasteiger partial charge in [0, 0.05) is 39.5 Å². The summed E-state index contributed by atoms with van der Waals surface area (Å²) in [4.78, 5) is 26.2. The van der Waals surface area contributed by atoms with E-state index in [4.69, 9.17) is 4.74 Å². The number of piperazine rings is 1. The van der Waals surface area contributed by atoms with Gasteiger partial charge in [-0.05, 0) is 19.1 Å². The minimum atomic E-state index is -3.73. The first kappa shape index (κ1) is 19.3. The van der Waals surface area contributed by atoms with Crippen LogP contribution in [0.15, 0.2) is 35.5 Å². The van der Waals surface area contributed by atoms with Crippen molar-refractivity contribution in [2.24, 2.45) is 0 Å². The molecule has 1 aliphatic rings. The standard InChI is InChI=1S/C17H21N5O4S/c1-13-15(11-19-17(20-13)14-5-3-4-6-18-14)27(24,25)22-9-7-21(8-10-22)16(23)12-26-2/h3-6,11H,7-10,12H2,1-2H3. The molecule has 1 saturated heterocycles. The SMILES string of the molecule is COCC(=O)N1CCN(S(=O)(=O)c2cnc(-c3ccccn3)nc2C)CC1. The van der Waals surface area contributed by atoms with Crippen molar-refractivity contribution in [2.75, 3.05) is 39.9 Å². The normalized spacial score (nSPS) is 15.7. The van der Waals surface area contributed by atoms with Gasteiger partial charge in [0.05, 0.1) is 11.9 Å². The Morgan fingerprint density at radius 2 is 1.93 bits per heavy atom. The van der Waals surface area contributed by atoms with Crippen LogP contribution in [0.25, 0.3) is 11.5 Å². The fourth-order valence-electron chi connectivity index (χ4n) is 2.86. The molecule has 3 rings (SSSR count). The predicted octanol–water partition coefficient (Wildman–Crippen LogP) is 0.326. The van der Waals surface area contributed by atoms with Crippen LogP contribution in [-0.4, -0.2) is 78.4 Å². The Morgan fingerprint density at radius 1 is 1.19 bits per heavy atom. The van der Waals surface area contributed by atoms with Crippen molar-refractivity contribution < 1.29 is 17.9 Å². The summed E-state index contributed by atoms with van der Waals surface area (Å²) in [5, 5.41) is 0. The van der Waals surface area contributed by atoms with Crippen LogP contribution >= 0.6 is 0 Å². The third kappa shape index (κ3) is 4.12. The van der Waals surface area contributed by atoms with Crippen molar-refractivity contribution in [3.8, 4) is 11.5 Å². The van der Waals surface area contributed by atoms with Crippen LogP contribution in [0.5, 0.6) is 0 Å². The molecule has 1 amide bonds. The monoisotopic (exact) mass is 391 g/mol. The van der Waals surface area contributed by atoms with Crippen molar-refractivity contribution in [1.82, 2.24) is 24.2 Å². The number of rotatable bonds is 5. The van der Waals surface area contributed by atoms with Gasteiger partial charge >= 0.3 is 0 Å². The molecule has 0 atom stereocenters. The van der Waals surface area contributed by atoms with Crippen molar-refractivity contribution in [1.29, 1.82) is 0 Å². The third-order valence-corrected chi connectivity index (χ3v) is 6.31. The molecule has 0 bridgehead atoms. The fraction of sp³-hybridized carbons (Fsp3) is 0.412. The average molecular weight is 391 g/mol. The first-order valence-corrected chi connectivity index (χ1v) is 9.89. The lowest BCUT2D eigenvalue weighted by Crippen LogP contribution is -2.51. The third-order valence-electron chi connectivity index (χ3n) is 4.31. The Balaban J connectivity index is 1.77. The topological polar surface area (TPSA) is 106 Å². The zero-order valence-corrected chi connectivity index (χ0v) is 16.0. The van der Waals surface area contributed by atoms with Crippen molar-refractivity contribution in [2.45, 2.75) is 11.8 Å². The molecule has 0 spiro atoms. The molecular formula is C17H21N5O4S. The lowest BCUT2D eigenvalue weighted by atomic mass is 10.3. The number of nitrogens with zero attached hydrogens (tertiary/aromatic N) is 5. The van der Waals surface area contributed by atoms with E-state index in [1.54, 1.807) is 30.2 Å². The lowest BCUT2D eigenvalue weighted by Gasteiger charge is -2.34. The Morgan fingerprint density at radius 3 is 2.52 bits per heavy atom. The summed E-state index contributed by atoms with van der Waals surface area (Å²) >= 11 is 0. The molecule has 3 heterocycles. The van der Waals surface area contributed by atoms with E-state index < -0.39 is 10.0 Å². The van der Waals surface area contributed by atoms with Gasteiger partial charge in [0.1, 0.15) is 17.2 Å². The molecule has 0 aromatic carbocycles. The Bertz CT molecular complexity index is 912. The highest BCUT2D eigenvalue weighted by Crippen LogP contribution is 2.21. The van der Waals surface area contributed by atoms with Crippen molar-refractivity contribution in [3.63, 3.8) is 0 Å². The number of carbonyl (C=O) groups excluding carboxylic acids is 1. The van der Waals surface area contributed by atoms with Crippen LogP contribution in [-0.2, 0) is 19.6 Å². The lowest BCUT2D eigenvalue weighted by molar-refractivity contribution is -0.136. The molecule has 27 heavy (non-hydrogen) atoms. The van der Waals surface area contributed by atoms with Crippen LogP contribution in [0.1, 0.15) is 5.69 Å². The summed E-state index contributed by atoms with van der Waals surface area (Å²) in [5.74, 6) is 0.232. The molecule has 0 saturated carbocycles. The second-order valence-electron chi connectivity index (χ2n) is 6.08. The second kappa shape index (κ2) is 8.07. The number of hydrogen-bond acceptors (Lipinski definition) is 7. The van der Waals surface area contributed by atoms with E-state index in [1.807, 2.05) is 6.07 Å². The Hall–Kier alpha value is -2.43. The number of ether oxygens (including phenoxy) is 1. The molecule has 0 radical (unpaired) electrons. The van der Waals surface area contributed by atoms with Gasteiger partial charge in [-0.15, -0.1) is 0 Å². The summed E-state index contributed by atoms with van der Waals surface area (Å²) in [5.41, 5.74) is 0.943. The average Bonchev–Trinajstić information content (AvgIpc) is 2.68. The highest BCUT2D eigenvalue weighted by Gasteiger charge is 2.31. The molecular weight excluding hydrogens is 370 g/mol. The number of aromatic nitrogens is 3. The van der Waals surface area contributed by atoms with Crippen LogP contribution in [0.4, 0.5) is 0 Å². The summed E-state index contributed by atoms with van der Waals surface area (Å²) in [7, 11) is -2.28. The minimum Gasteiger partial charge on any atom is -0.375 e. The van der Waals surface area contributed by atoms with E-state index in [-0.39, 0.29) is 30.5 Å². The zero-order chi connectivity index (χ0) is 19.4. The highest BCUT2D eigenvalue weighted by atomic mass is 32.2. The van der Waals surface area contributed by atoms with Gasteiger partial charge in [0.25, 0.3) is 0 Å². The molecule has 0 N–H and O–H groups in total. The van der Waals surface area contributed by atoms with E-state index in [2.05, 4.69) is 15.0 Å². The molecule has 10 heteroatoms. The van der Waals surface area contributed by atoms with Crippen molar-refractivity contribution in [3.05, 3.63) is 36.3 Å². The van der Waals surface area contributed by atoms with Crippen molar-refractivity contribution >= 4 is 15.9 Å². The van der Waals surface area contributed by atoms with E-state index in [0.29, 0.717) is 30.3 Å². The van der Waals surface area contributed by atoms with Gasteiger partial charge in [-0.25, -0.2) is 18.4 Å². The molecule has 2 aromatic rings. The maximum atomic E-state index is 13.0. The van der Waals surface area contributed by atoms with Gasteiger partial charge in [-0.1, -0.05) is 6.07 Å². The van der Waals surface area contributed by atoms with Gasteiger partial charge in [0.2, 0.25) is 15.9 Å². The first-order chi connectivity index (χ1) is 12.9. The Kier molecular flexibility index (Phi) is 5.78. The number of aryl methyl sites for hydroxylation is 1. The summed E-state index contributed by atoms with van der Waals surface area (Å²) in [6.45, 7) is 2.73. The number of hydrogen-bond donors (Lipinski definition) is 0.